The lowest BCUT2D eigenvalue weighted by Crippen LogP contribution is -2.29. The van der Waals surface area contributed by atoms with E-state index in [-0.39, 0.29) is 0 Å². The number of rotatable bonds is 2. The van der Waals surface area contributed by atoms with E-state index in [0.717, 1.165) is 12.4 Å². The number of aromatic nitrogens is 3. The number of nitrogens with zero attached hydrogens (tertiary/aromatic N) is 3. The number of hydrogen-bond acceptors (Lipinski definition) is 3. The first-order valence-electron chi connectivity index (χ1n) is 4.52. The second-order valence-electron chi connectivity index (χ2n) is 3.27. The zero-order chi connectivity index (χ0) is 8.23. The molecule has 1 saturated heterocycles. The Balaban J connectivity index is 1.86. The SMILES string of the molecule is c1n[nH]c(CN2CCCCC2)n1. The average molecular weight is 166 g/mol. The zero-order valence-corrected chi connectivity index (χ0v) is 7.16. The quantitative estimate of drug-likeness (QED) is 0.706. The van der Waals surface area contributed by atoms with Crippen LogP contribution in [0.3, 0.4) is 0 Å². The van der Waals surface area contributed by atoms with Gasteiger partial charge in [0.25, 0.3) is 0 Å². The number of nitrogens with one attached hydrogen (secondary N) is 1. The standard InChI is InChI=1S/C8H14N4/c1-2-4-12(5-3-1)6-8-9-7-10-11-8/h7H,1-6H2,(H,9,10,11). The third-order valence-corrected chi connectivity index (χ3v) is 2.29. The van der Waals surface area contributed by atoms with E-state index in [4.69, 9.17) is 0 Å². The van der Waals surface area contributed by atoms with E-state index in [0.29, 0.717) is 0 Å². The van der Waals surface area contributed by atoms with Crippen LogP contribution in [0.25, 0.3) is 0 Å². The molecule has 0 radical (unpaired) electrons. The lowest BCUT2D eigenvalue weighted by Gasteiger charge is -2.24. The minimum absolute atomic E-state index is 0.931. The Morgan fingerprint density at radius 2 is 2.17 bits per heavy atom. The summed E-state index contributed by atoms with van der Waals surface area (Å²) in [5, 5.41) is 6.71. The van der Waals surface area contributed by atoms with Gasteiger partial charge in [-0.1, -0.05) is 6.42 Å². The molecule has 0 atom stereocenters. The monoisotopic (exact) mass is 166 g/mol. The fourth-order valence-corrected chi connectivity index (χ4v) is 1.64. The van der Waals surface area contributed by atoms with E-state index in [1.54, 1.807) is 6.33 Å². The van der Waals surface area contributed by atoms with Crippen molar-refractivity contribution in [1.29, 1.82) is 0 Å². The average Bonchev–Trinajstić information content (AvgIpc) is 2.59. The summed E-state index contributed by atoms with van der Waals surface area (Å²) in [6.45, 7) is 3.35. The lowest BCUT2D eigenvalue weighted by molar-refractivity contribution is 0.216. The fraction of sp³-hybridized carbons (Fsp3) is 0.750. The van der Waals surface area contributed by atoms with E-state index in [1.165, 1.54) is 32.4 Å². The summed E-state index contributed by atoms with van der Waals surface area (Å²) in [6, 6.07) is 0. The minimum Gasteiger partial charge on any atom is -0.296 e. The van der Waals surface area contributed by atoms with Crippen LogP contribution in [-0.2, 0) is 6.54 Å². The maximum Gasteiger partial charge on any atom is 0.138 e. The van der Waals surface area contributed by atoms with Crippen LogP contribution in [-0.4, -0.2) is 33.2 Å². The van der Waals surface area contributed by atoms with Gasteiger partial charge in [-0.3, -0.25) is 10.00 Å². The first kappa shape index (κ1) is 7.73. The molecule has 12 heavy (non-hydrogen) atoms. The molecule has 0 amide bonds. The summed E-state index contributed by atoms with van der Waals surface area (Å²) in [6.07, 6.45) is 5.61. The van der Waals surface area contributed by atoms with E-state index < -0.39 is 0 Å². The molecule has 1 aliphatic rings. The normalized spacial score (nSPS) is 19.7. The zero-order valence-electron chi connectivity index (χ0n) is 7.16. The van der Waals surface area contributed by atoms with Crippen LogP contribution in [0.15, 0.2) is 6.33 Å². The van der Waals surface area contributed by atoms with Crippen molar-refractivity contribution in [2.24, 2.45) is 0 Å². The molecule has 4 heteroatoms. The van der Waals surface area contributed by atoms with Crippen LogP contribution in [0.1, 0.15) is 25.1 Å². The number of hydrogen-bond donors (Lipinski definition) is 1. The Hall–Kier alpha value is -0.900. The van der Waals surface area contributed by atoms with Gasteiger partial charge in [0.05, 0.1) is 6.54 Å². The summed E-state index contributed by atoms with van der Waals surface area (Å²) in [5.74, 6) is 0.983. The molecule has 0 aromatic carbocycles. The summed E-state index contributed by atoms with van der Waals surface area (Å²) < 4.78 is 0. The molecule has 0 spiro atoms. The molecule has 1 aromatic heterocycles. The third kappa shape index (κ3) is 1.82. The van der Waals surface area contributed by atoms with Gasteiger partial charge in [-0.05, 0) is 25.9 Å². The van der Waals surface area contributed by atoms with Crippen LogP contribution in [0.2, 0.25) is 0 Å². The van der Waals surface area contributed by atoms with E-state index in [1.807, 2.05) is 0 Å². The van der Waals surface area contributed by atoms with Crippen LogP contribution >= 0.6 is 0 Å². The Bertz CT molecular complexity index is 213. The van der Waals surface area contributed by atoms with Crippen LogP contribution in [0.5, 0.6) is 0 Å². The highest BCUT2D eigenvalue weighted by molar-refractivity contribution is 4.80. The van der Waals surface area contributed by atoms with Crippen molar-refractivity contribution in [1.82, 2.24) is 20.1 Å². The Kier molecular flexibility index (Phi) is 2.36. The van der Waals surface area contributed by atoms with Crippen LogP contribution in [0.4, 0.5) is 0 Å². The van der Waals surface area contributed by atoms with Crippen molar-refractivity contribution in [3.63, 3.8) is 0 Å². The van der Waals surface area contributed by atoms with Crippen molar-refractivity contribution in [2.45, 2.75) is 25.8 Å². The Morgan fingerprint density at radius 1 is 1.33 bits per heavy atom. The fourth-order valence-electron chi connectivity index (χ4n) is 1.64. The molecular formula is C8H14N4. The van der Waals surface area contributed by atoms with Crippen LogP contribution < -0.4 is 0 Å². The Labute approximate surface area is 72.0 Å². The second-order valence-corrected chi connectivity index (χ2v) is 3.27. The van der Waals surface area contributed by atoms with Gasteiger partial charge >= 0.3 is 0 Å². The molecule has 1 aliphatic heterocycles. The highest BCUT2D eigenvalue weighted by Gasteiger charge is 2.10. The molecule has 1 fully saturated rings. The van der Waals surface area contributed by atoms with Crippen molar-refractivity contribution in [3.8, 4) is 0 Å². The maximum absolute atomic E-state index is 4.10. The van der Waals surface area contributed by atoms with E-state index in [9.17, 15) is 0 Å². The number of H-pyrrole nitrogens is 1. The summed E-state index contributed by atoms with van der Waals surface area (Å²) in [5.41, 5.74) is 0. The first-order valence-corrected chi connectivity index (χ1v) is 4.52. The molecule has 2 rings (SSSR count). The van der Waals surface area contributed by atoms with Gasteiger partial charge in [-0.2, -0.15) is 5.10 Å². The second kappa shape index (κ2) is 3.67. The molecule has 0 bridgehead atoms. The van der Waals surface area contributed by atoms with Crippen molar-refractivity contribution >= 4 is 0 Å². The molecule has 1 N–H and O–H groups in total. The predicted molar refractivity (Wildman–Crippen MR) is 45.5 cm³/mol. The molecule has 0 aliphatic carbocycles. The van der Waals surface area contributed by atoms with Crippen molar-refractivity contribution in [2.75, 3.05) is 13.1 Å². The van der Waals surface area contributed by atoms with E-state index in [2.05, 4.69) is 20.1 Å². The molecule has 0 unspecified atom stereocenters. The largest absolute Gasteiger partial charge is 0.296 e. The van der Waals surface area contributed by atoms with Crippen molar-refractivity contribution < 1.29 is 0 Å². The summed E-state index contributed by atoms with van der Waals surface area (Å²) in [7, 11) is 0. The summed E-state index contributed by atoms with van der Waals surface area (Å²) in [4.78, 5) is 6.52. The molecular weight excluding hydrogens is 152 g/mol. The number of piperidine rings is 1. The van der Waals surface area contributed by atoms with Gasteiger partial charge in [0, 0.05) is 0 Å². The predicted octanol–water partition coefficient (Wildman–Crippen LogP) is 0.791. The Morgan fingerprint density at radius 3 is 2.83 bits per heavy atom. The van der Waals surface area contributed by atoms with Gasteiger partial charge in [0.2, 0.25) is 0 Å². The van der Waals surface area contributed by atoms with Gasteiger partial charge < -0.3 is 0 Å². The molecule has 1 aromatic rings. The minimum atomic E-state index is 0.931. The van der Waals surface area contributed by atoms with Crippen molar-refractivity contribution in [3.05, 3.63) is 12.2 Å². The molecule has 0 saturated carbocycles. The van der Waals surface area contributed by atoms with E-state index >= 15 is 0 Å². The van der Waals surface area contributed by atoms with Gasteiger partial charge in [-0.25, -0.2) is 4.98 Å². The topological polar surface area (TPSA) is 44.8 Å². The lowest BCUT2D eigenvalue weighted by atomic mass is 10.1. The molecule has 66 valence electrons. The first-order chi connectivity index (χ1) is 5.95. The number of likely N-dealkylation sites (tertiary alicyclic amines) is 1. The maximum atomic E-state index is 4.10. The molecule has 2 heterocycles. The highest BCUT2D eigenvalue weighted by atomic mass is 15.2. The highest BCUT2D eigenvalue weighted by Crippen LogP contribution is 2.10. The van der Waals surface area contributed by atoms with Gasteiger partial charge in [0.15, 0.2) is 0 Å². The summed E-state index contributed by atoms with van der Waals surface area (Å²) >= 11 is 0. The number of aromatic amines is 1. The smallest absolute Gasteiger partial charge is 0.138 e. The molecule has 4 nitrogen and oxygen atoms in total. The van der Waals surface area contributed by atoms with Crippen LogP contribution in [0, 0.1) is 0 Å². The van der Waals surface area contributed by atoms with Gasteiger partial charge in [-0.15, -0.1) is 0 Å². The third-order valence-electron chi connectivity index (χ3n) is 2.29. The van der Waals surface area contributed by atoms with Gasteiger partial charge in [0.1, 0.15) is 12.2 Å².